The highest BCUT2D eigenvalue weighted by Gasteiger charge is 2.33. The van der Waals surface area contributed by atoms with Gasteiger partial charge in [0.25, 0.3) is 0 Å². The lowest BCUT2D eigenvalue weighted by molar-refractivity contribution is -0.124. The Morgan fingerprint density at radius 3 is 2.26 bits per heavy atom. The minimum absolute atomic E-state index is 0.0561. The van der Waals surface area contributed by atoms with Crippen LogP contribution in [0.25, 0.3) is 0 Å². The van der Waals surface area contributed by atoms with E-state index in [1.54, 1.807) is 24.3 Å². The van der Waals surface area contributed by atoms with E-state index >= 15 is 0 Å². The third-order valence-corrected chi connectivity index (χ3v) is 6.44. The largest absolute Gasteiger partial charge is 0.506 e. The fourth-order valence-electron chi connectivity index (χ4n) is 4.47. The first kappa shape index (κ1) is 23.5. The van der Waals surface area contributed by atoms with Crippen LogP contribution in [0, 0.1) is 19.8 Å². The van der Waals surface area contributed by atoms with E-state index in [0.29, 0.717) is 31.6 Å². The van der Waals surface area contributed by atoms with E-state index in [-0.39, 0.29) is 23.5 Å². The molecule has 1 atom stereocenters. The first-order valence-electron chi connectivity index (χ1n) is 11.7. The average molecular weight is 458 g/mol. The van der Waals surface area contributed by atoms with E-state index in [4.69, 9.17) is 0 Å². The van der Waals surface area contributed by atoms with E-state index in [2.05, 4.69) is 15.5 Å². The van der Waals surface area contributed by atoms with E-state index in [1.807, 2.05) is 62.4 Å². The summed E-state index contributed by atoms with van der Waals surface area (Å²) in [6.07, 6.45) is 1.28. The standard InChI is InChI=1S/C28H31N3O3/c1-19-12-13-20(2)24(18-19)30-28(34)26(21-8-4-3-5-9-21)31-16-14-22(15-17-31)27(33)29-23-10-6-7-11-25(23)32/h3-13,18,22,26,32H,14-17H2,1-2H3,(H,29,33)(H,30,34)/t26-/m1/s1. The number of likely N-dealkylation sites (tertiary alicyclic amines) is 1. The molecule has 0 aliphatic carbocycles. The average Bonchev–Trinajstić information content (AvgIpc) is 2.84. The maximum Gasteiger partial charge on any atom is 0.246 e. The Morgan fingerprint density at radius 2 is 1.56 bits per heavy atom. The second kappa shape index (κ2) is 10.5. The number of rotatable bonds is 6. The molecule has 1 fully saturated rings. The van der Waals surface area contributed by atoms with Crippen LogP contribution in [0.1, 0.15) is 35.6 Å². The van der Waals surface area contributed by atoms with Gasteiger partial charge in [0.15, 0.2) is 0 Å². The lowest BCUT2D eigenvalue weighted by atomic mass is 9.93. The highest BCUT2D eigenvalue weighted by Crippen LogP contribution is 2.30. The molecule has 1 aliphatic heterocycles. The van der Waals surface area contributed by atoms with Crippen molar-refractivity contribution in [3.63, 3.8) is 0 Å². The van der Waals surface area contributed by atoms with Crippen molar-refractivity contribution < 1.29 is 14.7 Å². The van der Waals surface area contributed by atoms with Crippen LogP contribution in [-0.2, 0) is 9.59 Å². The molecule has 6 nitrogen and oxygen atoms in total. The molecule has 0 bridgehead atoms. The van der Waals surface area contributed by atoms with Gasteiger partial charge in [-0.05, 0) is 74.7 Å². The Labute approximate surface area is 200 Å². The number of benzene rings is 3. The summed E-state index contributed by atoms with van der Waals surface area (Å²) in [7, 11) is 0. The molecular weight excluding hydrogens is 426 g/mol. The molecule has 3 aromatic carbocycles. The van der Waals surface area contributed by atoms with Gasteiger partial charge in [0.05, 0.1) is 5.69 Å². The van der Waals surface area contributed by atoms with Crippen LogP contribution in [0.2, 0.25) is 0 Å². The first-order valence-corrected chi connectivity index (χ1v) is 11.7. The number of amides is 2. The van der Waals surface area contributed by atoms with Crippen molar-refractivity contribution >= 4 is 23.2 Å². The van der Waals surface area contributed by atoms with Crippen molar-refractivity contribution in [3.05, 3.63) is 89.5 Å². The molecule has 3 N–H and O–H groups in total. The molecule has 0 radical (unpaired) electrons. The number of para-hydroxylation sites is 2. The second-order valence-electron chi connectivity index (χ2n) is 8.94. The number of piperidine rings is 1. The molecule has 0 saturated carbocycles. The van der Waals surface area contributed by atoms with E-state index in [1.165, 1.54) is 0 Å². The zero-order valence-electron chi connectivity index (χ0n) is 19.6. The van der Waals surface area contributed by atoms with Gasteiger partial charge in [0.2, 0.25) is 11.8 Å². The molecule has 0 unspecified atom stereocenters. The third kappa shape index (κ3) is 5.46. The van der Waals surface area contributed by atoms with Crippen LogP contribution in [0.4, 0.5) is 11.4 Å². The topological polar surface area (TPSA) is 81.7 Å². The fraction of sp³-hybridized carbons (Fsp3) is 0.286. The molecule has 6 heteroatoms. The number of hydrogen-bond donors (Lipinski definition) is 3. The number of carbonyl (C=O) groups excluding carboxylic acids is 2. The molecular formula is C28H31N3O3. The van der Waals surface area contributed by atoms with Gasteiger partial charge in [-0.15, -0.1) is 0 Å². The Kier molecular flexibility index (Phi) is 7.28. The summed E-state index contributed by atoms with van der Waals surface area (Å²) in [5.74, 6) is -0.288. The molecule has 176 valence electrons. The number of aryl methyl sites for hydroxylation is 2. The van der Waals surface area contributed by atoms with Gasteiger partial charge in [-0.1, -0.05) is 54.6 Å². The molecule has 1 aliphatic rings. The highest BCUT2D eigenvalue weighted by atomic mass is 16.3. The van der Waals surface area contributed by atoms with Gasteiger partial charge in [-0.3, -0.25) is 14.5 Å². The monoisotopic (exact) mass is 457 g/mol. The summed E-state index contributed by atoms with van der Waals surface area (Å²) >= 11 is 0. The summed E-state index contributed by atoms with van der Waals surface area (Å²) in [4.78, 5) is 28.5. The zero-order chi connectivity index (χ0) is 24.1. The Hall–Kier alpha value is -3.64. The van der Waals surface area contributed by atoms with E-state index in [0.717, 1.165) is 22.4 Å². The number of phenolic OH excluding ortho intramolecular Hbond substituents is 1. The summed E-state index contributed by atoms with van der Waals surface area (Å²) in [5.41, 5.74) is 4.29. The minimum Gasteiger partial charge on any atom is -0.506 e. The Balaban J connectivity index is 1.47. The summed E-state index contributed by atoms with van der Waals surface area (Å²) in [6.45, 7) is 5.24. The van der Waals surface area contributed by atoms with Crippen LogP contribution in [0.5, 0.6) is 5.75 Å². The van der Waals surface area contributed by atoms with Gasteiger partial charge >= 0.3 is 0 Å². The lowest BCUT2D eigenvalue weighted by Crippen LogP contribution is -2.44. The number of anilines is 2. The van der Waals surface area contributed by atoms with Crippen molar-refractivity contribution in [3.8, 4) is 5.75 Å². The van der Waals surface area contributed by atoms with Crippen LogP contribution in [0.3, 0.4) is 0 Å². The number of nitrogens with zero attached hydrogens (tertiary/aromatic N) is 1. The van der Waals surface area contributed by atoms with Crippen molar-refractivity contribution in [1.29, 1.82) is 0 Å². The van der Waals surface area contributed by atoms with Gasteiger partial charge in [-0.25, -0.2) is 0 Å². The molecule has 1 heterocycles. The second-order valence-corrected chi connectivity index (χ2v) is 8.94. The van der Waals surface area contributed by atoms with Crippen LogP contribution in [0.15, 0.2) is 72.8 Å². The number of carbonyl (C=O) groups is 2. The van der Waals surface area contributed by atoms with Gasteiger partial charge in [0.1, 0.15) is 11.8 Å². The molecule has 2 amide bonds. The van der Waals surface area contributed by atoms with Gasteiger partial charge in [0, 0.05) is 11.6 Å². The Bertz CT molecular complexity index is 1150. The number of aromatic hydroxyl groups is 1. The predicted octanol–water partition coefficient (Wildman–Crippen LogP) is 5.04. The van der Waals surface area contributed by atoms with Crippen LogP contribution in [-0.4, -0.2) is 34.9 Å². The summed E-state index contributed by atoms with van der Waals surface area (Å²) in [6, 6.07) is 22.1. The van der Waals surface area contributed by atoms with Crippen molar-refractivity contribution in [2.24, 2.45) is 5.92 Å². The number of nitrogens with one attached hydrogen (secondary N) is 2. The lowest BCUT2D eigenvalue weighted by Gasteiger charge is -2.36. The Morgan fingerprint density at radius 1 is 0.882 bits per heavy atom. The number of hydrogen-bond acceptors (Lipinski definition) is 4. The normalized spacial score (nSPS) is 15.5. The minimum atomic E-state index is -0.441. The van der Waals surface area contributed by atoms with Crippen LogP contribution >= 0.6 is 0 Å². The fourth-order valence-corrected chi connectivity index (χ4v) is 4.47. The summed E-state index contributed by atoms with van der Waals surface area (Å²) < 4.78 is 0. The maximum absolute atomic E-state index is 13.5. The molecule has 0 spiro atoms. The summed E-state index contributed by atoms with van der Waals surface area (Å²) in [5, 5.41) is 15.9. The van der Waals surface area contributed by atoms with Gasteiger partial charge in [-0.2, -0.15) is 0 Å². The molecule has 1 saturated heterocycles. The van der Waals surface area contributed by atoms with Crippen molar-refractivity contribution in [1.82, 2.24) is 4.90 Å². The smallest absolute Gasteiger partial charge is 0.246 e. The molecule has 34 heavy (non-hydrogen) atoms. The molecule has 3 aromatic rings. The highest BCUT2D eigenvalue weighted by molar-refractivity contribution is 5.96. The quantitative estimate of drug-likeness (QED) is 0.453. The number of phenols is 1. The van der Waals surface area contributed by atoms with E-state index < -0.39 is 6.04 Å². The van der Waals surface area contributed by atoms with Crippen molar-refractivity contribution in [2.45, 2.75) is 32.7 Å². The zero-order valence-corrected chi connectivity index (χ0v) is 19.6. The first-order chi connectivity index (χ1) is 16.4. The maximum atomic E-state index is 13.5. The van der Waals surface area contributed by atoms with E-state index in [9.17, 15) is 14.7 Å². The third-order valence-electron chi connectivity index (χ3n) is 6.44. The SMILES string of the molecule is Cc1ccc(C)c(NC(=O)[C@@H](c2ccccc2)N2CCC(C(=O)Nc3ccccc3O)CC2)c1. The van der Waals surface area contributed by atoms with Crippen LogP contribution < -0.4 is 10.6 Å². The van der Waals surface area contributed by atoms with Crippen molar-refractivity contribution in [2.75, 3.05) is 23.7 Å². The molecule has 4 rings (SSSR count). The van der Waals surface area contributed by atoms with Gasteiger partial charge < -0.3 is 15.7 Å². The molecule has 0 aromatic heterocycles. The predicted molar refractivity (Wildman–Crippen MR) is 135 cm³/mol.